The van der Waals surface area contributed by atoms with Crippen molar-refractivity contribution in [3.63, 3.8) is 0 Å². The average molecular weight is 530 g/mol. The van der Waals surface area contributed by atoms with E-state index in [4.69, 9.17) is 0 Å². The van der Waals surface area contributed by atoms with Crippen molar-refractivity contribution >= 4 is 32.8 Å². The Labute approximate surface area is 206 Å². The number of nitrogens with zero attached hydrogens (tertiary/aromatic N) is 3. The van der Waals surface area contributed by atoms with E-state index in [-0.39, 0.29) is 22.3 Å². The highest BCUT2D eigenvalue weighted by atomic mass is 32.2. The van der Waals surface area contributed by atoms with E-state index in [9.17, 15) is 26.0 Å². The van der Waals surface area contributed by atoms with Crippen LogP contribution in [0.25, 0.3) is 11.0 Å². The number of rotatable bonds is 9. The van der Waals surface area contributed by atoms with Gasteiger partial charge in [0.2, 0.25) is 10.0 Å². The van der Waals surface area contributed by atoms with Gasteiger partial charge in [-0.15, -0.1) is 0 Å². The third-order valence-corrected chi connectivity index (χ3v) is 9.24. The predicted molar refractivity (Wildman–Crippen MR) is 128 cm³/mol. The van der Waals surface area contributed by atoms with Gasteiger partial charge in [-0.25, -0.2) is 35.3 Å². The quantitative estimate of drug-likeness (QED) is 0.139. The molecular weight excluding hydrogens is 502 g/mol. The van der Waals surface area contributed by atoms with Crippen molar-refractivity contribution in [2.75, 3.05) is 13.6 Å². The van der Waals surface area contributed by atoms with Crippen LogP contribution in [0.3, 0.4) is 0 Å². The second kappa shape index (κ2) is 10.5. The Morgan fingerprint density at radius 3 is 2.49 bits per heavy atom. The van der Waals surface area contributed by atoms with Gasteiger partial charge in [-0.2, -0.15) is 0 Å². The Balaban J connectivity index is 1.71. The van der Waals surface area contributed by atoms with E-state index in [1.807, 2.05) is 11.5 Å². The van der Waals surface area contributed by atoms with Crippen molar-refractivity contribution in [3.05, 3.63) is 53.1 Å². The van der Waals surface area contributed by atoms with Crippen molar-refractivity contribution in [1.82, 2.24) is 13.9 Å². The monoisotopic (exact) mass is 529 g/mol. The molecule has 1 heterocycles. The minimum atomic E-state index is -3.69. The lowest BCUT2D eigenvalue weighted by atomic mass is 10.2. The summed E-state index contributed by atoms with van der Waals surface area (Å²) in [7, 11) is -2.15. The number of fused-ring (bicyclic) bond motifs is 1. The molecule has 0 radical (unpaired) electrons. The fourth-order valence-corrected chi connectivity index (χ4v) is 6.66. The van der Waals surface area contributed by atoms with Gasteiger partial charge < -0.3 is 4.57 Å². The van der Waals surface area contributed by atoms with Gasteiger partial charge in [0.15, 0.2) is 28.4 Å². The molecule has 11 heteroatoms. The van der Waals surface area contributed by atoms with Crippen LogP contribution >= 0.6 is 11.8 Å². The van der Waals surface area contributed by atoms with Crippen LogP contribution in [0.5, 0.6) is 0 Å². The molecule has 35 heavy (non-hydrogen) atoms. The number of thioether (sulfide) groups is 1. The highest BCUT2D eigenvalue weighted by Crippen LogP contribution is 2.38. The fraction of sp³-hybridized carbons (Fsp3) is 0.458. The summed E-state index contributed by atoms with van der Waals surface area (Å²) in [4.78, 5) is 4.75. The number of hydrogen-bond donors (Lipinski definition) is 0. The molecule has 1 saturated carbocycles. The predicted octanol–water partition coefficient (Wildman–Crippen LogP) is 6.42. The lowest BCUT2D eigenvalue weighted by molar-refractivity contribution is 0.405. The van der Waals surface area contributed by atoms with Gasteiger partial charge in [0, 0.05) is 31.0 Å². The molecule has 0 aliphatic heterocycles. The van der Waals surface area contributed by atoms with E-state index in [0.717, 1.165) is 55.8 Å². The van der Waals surface area contributed by atoms with Crippen LogP contribution in [0.1, 0.15) is 57.1 Å². The average Bonchev–Trinajstić information content (AvgIpc) is 3.49. The molecule has 3 aromatic rings. The lowest BCUT2D eigenvalue weighted by Crippen LogP contribution is -2.27. The molecule has 4 rings (SSSR count). The highest BCUT2D eigenvalue weighted by Gasteiger charge is 2.26. The first-order valence-electron chi connectivity index (χ1n) is 11.6. The van der Waals surface area contributed by atoms with Crippen LogP contribution < -0.4 is 0 Å². The molecule has 2 aromatic carbocycles. The van der Waals surface area contributed by atoms with Crippen molar-refractivity contribution in [3.8, 4) is 0 Å². The Hall–Kier alpha value is -2.11. The molecule has 0 spiro atoms. The van der Waals surface area contributed by atoms with Crippen molar-refractivity contribution in [2.24, 2.45) is 0 Å². The first kappa shape index (κ1) is 26.0. The number of halogens is 4. The third-order valence-electron chi connectivity index (χ3n) is 6.39. The molecule has 0 atom stereocenters. The van der Waals surface area contributed by atoms with E-state index in [1.165, 1.54) is 10.4 Å². The maximum atomic E-state index is 14.2. The third kappa shape index (κ3) is 5.08. The summed E-state index contributed by atoms with van der Waals surface area (Å²) >= 11 is 1.08. The van der Waals surface area contributed by atoms with Crippen LogP contribution in [0.2, 0.25) is 0 Å². The molecular formula is C24H27F4N3O2S2. The smallest absolute Gasteiger partial charge is 0.242 e. The van der Waals surface area contributed by atoms with Gasteiger partial charge in [0.05, 0.1) is 15.9 Å². The van der Waals surface area contributed by atoms with E-state index in [0.29, 0.717) is 23.3 Å². The fourth-order valence-electron chi connectivity index (χ4n) is 4.38. The lowest BCUT2D eigenvalue weighted by Gasteiger charge is -2.18. The Bertz CT molecular complexity index is 1340. The Morgan fingerprint density at radius 1 is 1.09 bits per heavy atom. The van der Waals surface area contributed by atoms with Crippen LogP contribution in [0, 0.1) is 23.3 Å². The number of benzene rings is 2. The number of imidazole rings is 1. The molecule has 0 amide bonds. The summed E-state index contributed by atoms with van der Waals surface area (Å²) < 4.78 is 84.2. The van der Waals surface area contributed by atoms with Gasteiger partial charge >= 0.3 is 0 Å². The van der Waals surface area contributed by atoms with E-state index in [1.54, 1.807) is 19.2 Å². The highest BCUT2D eigenvalue weighted by molar-refractivity contribution is 7.98. The molecule has 5 nitrogen and oxygen atoms in total. The standard InChI is InChI=1S/C24H27F4N3O2S2/c1-3-4-11-30(2)35(32,33)17-9-10-20-19(13-17)29-24(31(20)16-7-5-6-8-16)34-14-15-12-18(25)22(27)23(28)21(15)26/h9-10,12-13,16H,3-8,11,14H2,1-2H3. The normalized spacial score (nSPS) is 15.1. The Kier molecular flexibility index (Phi) is 7.77. The van der Waals surface area contributed by atoms with Crippen LogP contribution in [0.15, 0.2) is 34.3 Å². The van der Waals surface area contributed by atoms with Crippen molar-refractivity contribution < 1.29 is 26.0 Å². The molecule has 0 bridgehead atoms. The van der Waals surface area contributed by atoms with E-state index < -0.39 is 33.3 Å². The summed E-state index contributed by atoms with van der Waals surface area (Å²) in [6.45, 7) is 2.40. The number of unbranched alkanes of at least 4 members (excludes halogenated alkanes) is 1. The molecule has 190 valence electrons. The van der Waals surface area contributed by atoms with Gasteiger partial charge in [-0.1, -0.05) is 37.9 Å². The molecule has 1 fully saturated rings. The largest absolute Gasteiger partial charge is 0.316 e. The maximum Gasteiger partial charge on any atom is 0.242 e. The molecule has 0 saturated heterocycles. The van der Waals surface area contributed by atoms with E-state index >= 15 is 0 Å². The topological polar surface area (TPSA) is 55.2 Å². The molecule has 1 aliphatic rings. The van der Waals surface area contributed by atoms with Gasteiger partial charge in [0.25, 0.3) is 0 Å². The van der Waals surface area contributed by atoms with Crippen molar-refractivity contribution in [2.45, 2.75) is 67.3 Å². The molecule has 1 aliphatic carbocycles. The van der Waals surface area contributed by atoms with Crippen molar-refractivity contribution in [1.29, 1.82) is 0 Å². The van der Waals surface area contributed by atoms with Gasteiger partial charge in [0.1, 0.15) is 0 Å². The molecule has 1 aromatic heterocycles. The summed E-state index contributed by atoms with van der Waals surface area (Å²) in [5.41, 5.74) is 0.907. The zero-order chi connectivity index (χ0) is 25.3. The minimum absolute atomic E-state index is 0.128. The van der Waals surface area contributed by atoms with Gasteiger partial charge in [-0.3, -0.25) is 0 Å². The zero-order valence-corrected chi connectivity index (χ0v) is 21.2. The summed E-state index contributed by atoms with van der Waals surface area (Å²) in [5.74, 6) is -6.73. The summed E-state index contributed by atoms with van der Waals surface area (Å²) in [6, 6.07) is 5.60. The first-order chi connectivity index (χ1) is 16.6. The number of aromatic nitrogens is 2. The van der Waals surface area contributed by atoms with Crippen LogP contribution in [0.4, 0.5) is 17.6 Å². The van der Waals surface area contributed by atoms with Gasteiger partial charge in [-0.05, 0) is 43.5 Å². The second-order valence-corrected chi connectivity index (χ2v) is 11.8. The molecule has 0 N–H and O–H groups in total. The SMILES string of the molecule is CCCCN(C)S(=O)(=O)c1ccc2c(c1)nc(SCc1cc(F)c(F)c(F)c1F)n2C1CCCC1. The second-order valence-electron chi connectivity index (χ2n) is 8.78. The number of sulfonamides is 1. The van der Waals surface area contributed by atoms with Crippen LogP contribution in [-0.2, 0) is 15.8 Å². The zero-order valence-electron chi connectivity index (χ0n) is 19.5. The summed E-state index contributed by atoms with van der Waals surface area (Å²) in [5, 5.41) is 0.491. The first-order valence-corrected chi connectivity index (χ1v) is 14.0. The van der Waals surface area contributed by atoms with Crippen LogP contribution in [-0.4, -0.2) is 35.9 Å². The summed E-state index contributed by atoms with van der Waals surface area (Å²) in [6.07, 6.45) is 5.50. The Morgan fingerprint density at radius 2 is 1.80 bits per heavy atom. The molecule has 0 unspecified atom stereocenters. The number of hydrogen-bond acceptors (Lipinski definition) is 4. The minimum Gasteiger partial charge on any atom is -0.316 e. The van der Waals surface area contributed by atoms with E-state index in [2.05, 4.69) is 4.98 Å². The maximum absolute atomic E-state index is 14.2.